The van der Waals surface area contributed by atoms with Crippen LogP contribution in [-0.2, 0) is 9.53 Å². The summed E-state index contributed by atoms with van der Waals surface area (Å²) in [4.78, 5) is 10.7. The fourth-order valence-electron chi connectivity index (χ4n) is 1.07. The molecular formula is C7H13NO2. The molecule has 1 aliphatic rings. The molecule has 1 saturated heterocycles. The highest BCUT2D eigenvalue weighted by Crippen LogP contribution is 2.38. The first-order chi connectivity index (χ1) is 4.61. The number of carbonyl (C=O) groups is 1. The van der Waals surface area contributed by atoms with Gasteiger partial charge in [-0.3, -0.25) is 4.79 Å². The van der Waals surface area contributed by atoms with Crippen molar-refractivity contribution >= 4 is 5.91 Å². The standard InChI is InChI=1S/C7H13NO2/c1-3-4-5-7(2,10-5)6(8)9/h5H,3-4H2,1-2H3,(H2,8,9). The van der Waals surface area contributed by atoms with E-state index in [-0.39, 0.29) is 12.0 Å². The van der Waals surface area contributed by atoms with Gasteiger partial charge in [-0.05, 0) is 13.3 Å². The van der Waals surface area contributed by atoms with E-state index in [4.69, 9.17) is 10.5 Å². The van der Waals surface area contributed by atoms with Crippen molar-refractivity contribution in [2.45, 2.75) is 38.4 Å². The van der Waals surface area contributed by atoms with Crippen LogP contribution in [0.25, 0.3) is 0 Å². The molecule has 10 heavy (non-hydrogen) atoms. The predicted octanol–water partition coefficient (Wildman–Crippen LogP) is 0.429. The molecule has 0 bridgehead atoms. The molecule has 2 N–H and O–H groups in total. The number of ether oxygens (including phenoxy) is 1. The highest BCUT2D eigenvalue weighted by atomic mass is 16.6. The second-order valence-corrected chi connectivity index (χ2v) is 2.87. The molecule has 1 heterocycles. The number of nitrogens with two attached hydrogens (primary N) is 1. The topological polar surface area (TPSA) is 55.6 Å². The Labute approximate surface area is 60.5 Å². The van der Waals surface area contributed by atoms with Gasteiger partial charge in [0.15, 0.2) is 5.60 Å². The summed E-state index contributed by atoms with van der Waals surface area (Å²) >= 11 is 0. The van der Waals surface area contributed by atoms with E-state index in [2.05, 4.69) is 6.92 Å². The van der Waals surface area contributed by atoms with Crippen LogP contribution in [0.1, 0.15) is 26.7 Å². The van der Waals surface area contributed by atoms with Gasteiger partial charge in [0.25, 0.3) is 5.91 Å². The molecule has 0 saturated carbocycles. The van der Waals surface area contributed by atoms with E-state index in [0.29, 0.717) is 0 Å². The van der Waals surface area contributed by atoms with Gasteiger partial charge in [-0.2, -0.15) is 0 Å². The van der Waals surface area contributed by atoms with Gasteiger partial charge >= 0.3 is 0 Å². The zero-order chi connectivity index (χ0) is 7.78. The second kappa shape index (κ2) is 2.23. The molecule has 0 aromatic rings. The van der Waals surface area contributed by atoms with Gasteiger partial charge in [-0.25, -0.2) is 0 Å². The summed E-state index contributed by atoms with van der Waals surface area (Å²) in [5.41, 5.74) is 4.45. The molecule has 0 spiro atoms. The minimum absolute atomic E-state index is 0.0787. The number of carbonyl (C=O) groups excluding carboxylic acids is 1. The maximum atomic E-state index is 10.7. The smallest absolute Gasteiger partial charge is 0.252 e. The summed E-state index contributed by atoms with van der Waals surface area (Å²) in [6, 6.07) is 0. The number of hydrogen-bond acceptors (Lipinski definition) is 2. The molecular weight excluding hydrogens is 130 g/mol. The van der Waals surface area contributed by atoms with E-state index >= 15 is 0 Å². The van der Waals surface area contributed by atoms with E-state index in [1.54, 1.807) is 6.92 Å². The number of hydrogen-bond donors (Lipinski definition) is 1. The van der Waals surface area contributed by atoms with Crippen LogP contribution in [0.2, 0.25) is 0 Å². The van der Waals surface area contributed by atoms with Crippen molar-refractivity contribution in [2.24, 2.45) is 5.73 Å². The maximum Gasteiger partial charge on any atom is 0.252 e. The van der Waals surface area contributed by atoms with Crippen LogP contribution in [0.3, 0.4) is 0 Å². The van der Waals surface area contributed by atoms with Crippen LogP contribution >= 0.6 is 0 Å². The Hall–Kier alpha value is -0.570. The predicted molar refractivity (Wildman–Crippen MR) is 37.4 cm³/mol. The van der Waals surface area contributed by atoms with E-state index in [9.17, 15) is 4.79 Å². The lowest BCUT2D eigenvalue weighted by molar-refractivity contribution is -0.122. The van der Waals surface area contributed by atoms with Gasteiger partial charge < -0.3 is 10.5 Å². The van der Waals surface area contributed by atoms with Crippen molar-refractivity contribution in [1.82, 2.24) is 0 Å². The van der Waals surface area contributed by atoms with Crippen molar-refractivity contribution in [3.05, 3.63) is 0 Å². The summed E-state index contributed by atoms with van der Waals surface area (Å²) in [6.45, 7) is 3.80. The van der Waals surface area contributed by atoms with E-state index in [0.717, 1.165) is 12.8 Å². The Kier molecular flexibility index (Phi) is 1.68. The molecule has 1 amide bonds. The number of amides is 1. The van der Waals surface area contributed by atoms with Crippen molar-refractivity contribution in [2.75, 3.05) is 0 Å². The van der Waals surface area contributed by atoms with E-state index in [1.165, 1.54) is 0 Å². The largest absolute Gasteiger partial charge is 0.367 e. The Morgan fingerprint density at radius 2 is 2.40 bits per heavy atom. The van der Waals surface area contributed by atoms with Crippen LogP contribution in [0.4, 0.5) is 0 Å². The van der Waals surface area contributed by atoms with Gasteiger partial charge in [0.2, 0.25) is 0 Å². The van der Waals surface area contributed by atoms with Crippen molar-refractivity contribution in [3.63, 3.8) is 0 Å². The van der Waals surface area contributed by atoms with Crippen LogP contribution in [-0.4, -0.2) is 17.6 Å². The fourth-order valence-corrected chi connectivity index (χ4v) is 1.07. The average Bonchev–Trinajstić information content (AvgIpc) is 2.45. The van der Waals surface area contributed by atoms with Gasteiger partial charge in [-0.15, -0.1) is 0 Å². The minimum atomic E-state index is -0.643. The van der Waals surface area contributed by atoms with Crippen LogP contribution in [0, 0.1) is 0 Å². The molecule has 2 atom stereocenters. The lowest BCUT2D eigenvalue weighted by Crippen LogP contribution is -2.31. The first-order valence-corrected chi connectivity index (χ1v) is 3.59. The normalized spacial score (nSPS) is 37.6. The van der Waals surface area contributed by atoms with Crippen LogP contribution in [0.5, 0.6) is 0 Å². The molecule has 0 aromatic heterocycles. The van der Waals surface area contributed by atoms with Crippen LogP contribution < -0.4 is 5.73 Å². The third kappa shape index (κ3) is 1.01. The Morgan fingerprint density at radius 3 is 2.70 bits per heavy atom. The summed E-state index contributed by atoms with van der Waals surface area (Å²) in [7, 11) is 0. The molecule has 58 valence electrons. The fraction of sp³-hybridized carbons (Fsp3) is 0.857. The zero-order valence-corrected chi connectivity index (χ0v) is 6.39. The first kappa shape index (κ1) is 7.54. The average molecular weight is 143 g/mol. The lowest BCUT2D eigenvalue weighted by Gasteiger charge is -1.97. The molecule has 3 heteroatoms. The Morgan fingerprint density at radius 1 is 1.80 bits per heavy atom. The summed E-state index contributed by atoms with van der Waals surface area (Å²) in [5.74, 6) is -0.342. The highest BCUT2D eigenvalue weighted by molar-refractivity contribution is 5.86. The quantitative estimate of drug-likeness (QED) is 0.582. The lowest BCUT2D eigenvalue weighted by atomic mass is 10.0. The summed E-state index contributed by atoms with van der Waals surface area (Å²) in [6.07, 6.45) is 2.04. The molecule has 0 radical (unpaired) electrons. The monoisotopic (exact) mass is 143 g/mol. The van der Waals surface area contributed by atoms with E-state index < -0.39 is 5.60 Å². The molecule has 1 rings (SSSR count). The molecule has 1 fully saturated rings. The minimum Gasteiger partial charge on any atom is -0.367 e. The zero-order valence-electron chi connectivity index (χ0n) is 6.39. The Balaban J connectivity index is 2.40. The van der Waals surface area contributed by atoms with Gasteiger partial charge in [0.05, 0.1) is 6.10 Å². The molecule has 0 aliphatic carbocycles. The first-order valence-electron chi connectivity index (χ1n) is 3.59. The molecule has 1 aliphatic heterocycles. The Bertz CT molecular complexity index is 158. The third-order valence-corrected chi connectivity index (χ3v) is 1.98. The summed E-state index contributed by atoms with van der Waals surface area (Å²) in [5, 5.41) is 0. The molecule has 3 nitrogen and oxygen atoms in total. The maximum absolute atomic E-state index is 10.7. The molecule has 0 aromatic carbocycles. The SMILES string of the molecule is CCCC1OC1(C)C(N)=O. The summed E-state index contributed by atoms with van der Waals surface area (Å²) < 4.78 is 5.13. The van der Waals surface area contributed by atoms with Crippen molar-refractivity contribution in [1.29, 1.82) is 0 Å². The third-order valence-electron chi connectivity index (χ3n) is 1.98. The number of primary amides is 1. The van der Waals surface area contributed by atoms with Gasteiger partial charge in [-0.1, -0.05) is 13.3 Å². The molecule has 2 unspecified atom stereocenters. The van der Waals surface area contributed by atoms with Crippen molar-refractivity contribution in [3.8, 4) is 0 Å². The number of rotatable bonds is 3. The second-order valence-electron chi connectivity index (χ2n) is 2.87. The highest BCUT2D eigenvalue weighted by Gasteiger charge is 2.56. The number of epoxide rings is 1. The van der Waals surface area contributed by atoms with Gasteiger partial charge in [0.1, 0.15) is 0 Å². The van der Waals surface area contributed by atoms with Gasteiger partial charge in [0, 0.05) is 0 Å². The van der Waals surface area contributed by atoms with E-state index in [1.807, 2.05) is 0 Å². The van der Waals surface area contributed by atoms with Crippen molar-refractivity contribution < 1.29 is 9.53 Å². The van der Waals surface area contributed by atoms with Crippen LogP contribution in [0.15, 0.2) is 0 Å².